The van der Waals surface area contributed by atoms with Gasteiger partial charge >= 0.3 is 0 Å². The van der Waals surface area contributed by atoms with E-state index in [9.17, 15) is 0 Å². The normalized spacial score (nSPS) is 14.0. The molecular weight excluding hydrogens is 374 g/mol. The lowest BCUT2D eigenvalue weighted by atomic mass is 9.81. The lowest BCUT2D eigenvalue weighted by Gasteiger charge is -2.23. The first-order chi connectivity index (χ1) is 15.3. The second-order valence-electron chi connectivity index (χ2n) is 8.36. The Kier molecular flexibility index (Phi) is 5.50. The van der Waals surface area contributed by atoms with Crippen molar-refractivity contribution in [3.63, 3.8) is 0 Å². The van der Waals surface area contributed by atoms with Crippen LogP contribution in [0.2, 0.25) is 0 Å². The Balaban J connectivity index is 0.000000296. The molecule has 0 aliphatic heterocycles. The molecular formula is C30H27N. The van der Waals surface area contributed by atoms with E-state index in [0.29, 0.717) is 0 Å². The van der Waals surface area contributed by atoms with Crippen molar-refractivity contribution in [1.29, 1.82) is 0 Å². The third-order valence-corrected chi connectivity index (χ3v) is 6.34. The molecule has 4 aromatic rings. The summed E-state index contributed by atoms with van der Waals surface area (Å²) >= 11 is 0. The Morgan fingerprint density at radius 2 is 1.35 bits per heavy atom. The van der Waals surface area contributed by atoms with E-state index in [4.69, 9.17) is 0 Å². The van der Waals surface area contributed by atoms with Crippen molar-refractivity contribution in [2.75, 3.05) is 0 Å². The number of aromatic nitrogens is 1. The van der Waals surface area contributed by atoms with Crippen LogP contribution in [-0.4, -0.2) is 4.98 Å². The average molecular weight is 402 g/mol. The van der Waals surface area contributed by atoms with Gasteiger partial charge in [-0.1, -0.05) is 78.4 Å². The molecule has 0 bridgehead atoms. The van der Waals surface area contributed by atoms with Crippen LogP contribution in [0.3, 0.4) is 0 Å². The van der Waals surface area contributed by atoms with Crippen LogP contribution < -0.4 is 10.4 Å². The number of fused-ring (bicyclic) bond motifs is 5. The molecule has 152 valence electrons. The van der Waals surface area contributed by atoms with Gasteiger partial charge in [-0.15, -0.1) is 0 Å². The zero-order valence-corrected chi connectivity index (χ0v) is 18.0. The fourth-order valence-electron chi connectivity index (χ4n) is 5.00. The highest BCUT2D eigenvalue weighted by atomic mass is 14.6. The summed E-state index contributed by atoms with van der Waals surface area (Å²) < 4.78 is 0. The Morgan fingerprint density at radius 3 is 2.10 bits per heavy atom. The lowest BCUT2D eigenvalue weighted by molar-refractivity contribution is 0.817. The van der Waals surface area contributed by atoms with Crippen LogP contribution in [0.4, 0.5) is 0 Å². The molecule has 3 aromatic carbocycles. The Hall–Kier alpha value is -3.45. The van der Waals surface area contributed by atoms with Crippen LogP contribution in [0.1, 0.15) is 36.5 Å². The molecule has 0 spiro atoms. The number of hydrogen-bond acceptors (Lipinski definition) is 1. The quantitative estimate of drug-likeness (QED) is 0.399. The fraction of sp³-hybridized carbons (Fsp3) is 0.167. The van der Waals surface area contributed by atoms with Gasteiger partial charge < -0.3 is 0 Å². The van der Waals surface area contributed by atoms with Crippen molar-refractivity contribution in [2.45, 2.75) is 32.6 Å². The summed E-state index contributed by atoms with van der Waals surface area (Å²) in [5.74, 6) is 0. The maximum atomic E-state index is 3.78. The van der Waals surface area contributed by atoms with Gasteiger partial charge in [0, 0.05) is 12.4 Å². The van der Waals surface area contributed by atoms with Gasteiger partial charge in [-0.05, 0) is 88.6 Å². The lowest BCUT2D eigenvalue weighted by Crippen LogP contribution is -2.38. The van der Waals surface area contributed by atoms with Crippen LogP contribution in [-0.2, 0) is 12.8 Å². The van der Waals surface area contributed by atoms with Gasteiger partial charge in [0.2, 0.25) is 0 Å². The minimum Gasteiger partial charge on any atom is -0.265 e. The van der Waals surface area contributed by atoms with E-state index in [1.54, 1.807) is 12.4 Å². The maximum Gasteiger partial charge on any atom is 0.0267 e. The van der Waals surface area contributed by atoms with Gasteiger partial charge in [-0.3, -0.25) is 4.98 Å². The van der Waals surface area contributed by atoms with Crippen LogP contribution in [0.15, 0.2) is 97.3 Å². The highest BCUT2D eigenvalue weighted by Crippen LogP contribution is 2.29. The molecule has 0 saturated heterocycles. The van der Waals surface area contributed by atoms with Crippen molar-refractivity contribution >= 4 is 11.1 Å². The predicted molar refractivity (Wildman–Crippen MR) is 130 cm³/mol. The molecule has 1 nitrogen and oxygen atoms in total. The maximum absolute atomic E-state index is 3.78. The van der Waals surface area contributed by atoms with E-state index in [1.807, 2.05) is 18.2 Å². The van der Waals surface area contributed by atoms with E-state index < -0.39 is 0 Å². The van der Waals surface area contributed by atoms with E-state index in [0.717, 1.165) is 6.42 Å². The van der Waals surface area contributed by atoms with E-state index in [2.05, 4.69) is 78.6 Å². The van der Waals surface area contributed by atoms with E-state index in [-0.39, 0.29) is 0 Å². The SMILES string of the molecule is CC1=c2c(ccc3c2=C(c2ccccc2)CCC3)-c2ccccc2C1.c1ccncc1. The van der Waals surface area contributed by atoms with Crippen LogP contribution in [0.25, 0.3) is 22.3 Å². The van der Waals surface area contributed by atoms with E-state index >= 15 is 0 Å². The van der Waals surface area contributed by atoms with Gasteiger partial charge in [-0.25, -0.2) is 0 Å². The summed E-state index contributed by atoms with van der Waals surface area (Å²) in [5, 5.41) is 3.04. The van der Waals surface area contributed by atoms with Crippen molar-refractivity contribution in [3.05, 3.63) is 124 Å². The van der Waals surface area contributed by atoms with Crippen molar-refractivity contribution in [3.8, 4) is 11.1 Å². The molecule has 0 saturated carbocycles. The number of nitrogens with zero attached hydrogens (tertiary/aromatic N) is 1. The summed E-state index contributed by atoms with van der Waals surface area (Å²) in [6.07, 6.45) is 8.21. The van der Waals surface area contributed by atoms with Crippen molar-refractivity contribution in [2.24, 2.45) is 0 Å². The molecule has 2 aliphatic rings. The second kappa shape index (κ2) is 8.73. The molecule has 1 heterocycles. The predicted octanol–water partition coefficient (Wildman–Crippen LogP) is 5.70. The molecule has 0 fully saturated rings. The average Bonchev–Trinajstić information content (AvgIpc) is 2.85. The number of benzene rings is 3. The summed E-state index contributed by atoms with van der Waals surface area (Å²) in [4.78, 5) is 3.78. The molecule has 31 heavy (non-hydrogen) atoms. The first-order valence-corrected chi connectivity index (χ1v) is 11.2. The van der Waals surface area contributed by atoms with Crippen LogP contribution in [0.5, 0.6) is 0 Å². The summed E-state index contributed by atoms with van der Waals surface area (Å²) in [6, 6.07) is 30.4. The Bertz CT molecular complexity index is 1290. The molecule has 1 aromatic heterocycles. The Labute approximate surface area is 184 Å². The first kappa shape index (κ1) is 19.5. The molecule has 6 rings (SSSR count). The zero-order chi connectivity index (χ0) is 21.0. The fourth-order valence-corrected chi connectivity index (χ4v) is 5.00. The van der Waals surface area contributed by atoms with Crippen LogP contribution in [0, 0.1) is 0 Å². The van der Waals surface area contributed by atoms with Crippen LogP contribution >= 0.6 is 0 Å². The second-order valence-corrected chi connectivity index (χ2v) is 8.36. The van der Waals surface area contributed by atoms with E-state index in [1.165, 1.54) is 68.7 Å². The molecule has 0 N–H and O–H groups in total. The number of hydrogen-bond donors (Lipinski definition) is 0. The van der Waals surface area contributed by atoms with Crippen molar-refractivity contribution < 1.29 is 0 Å². The smallest absolute Gasteiger partial charge is 0.0267 e. The number of rotatable bonds is 1. The highest BCUT2D eigenvalue weighted by molar-refractivity contribution is 5.79. The standard InChI is InChI=1S/C25H22.C5H5N/c1-17-16-20-10-5-6-12-21(20)23-15-14-19-11-7-13-22(25(19)24(17)23)18-8-3-2-4-9-18;1-2-4-6-5-3-1/h2-6,8-10,12,14-15H,7,11,13,16H2,1H3;1-5H. The van der Waals surface area contributed by atoms with Gasteiger partial charge in [-0.2, -0.15) is 0 Å². The third kappa shape index (κ3) is 3.84. The molecule has 0 radical (unpaired) electrons. The summed E-state index contributed by atoms with van der Waals surface area (Å²) in [6.45, 7) is 2.33. The third-order valence-electron chi connectivity index (χ3n) is 6.34. The topological polar surface area (TPSA) is 12.9 Å². The Morgan fingerprint density at radius 1 is 0.613 bits per heavy atom. The van der Waals surface area contributed by atoms with Gasteiger partial charge in [0.25, 0.3) is 0 Å². The number of aryl methyl sites for hydroxylation is 1. The van der Waals surface area contributed by atoms with Gasteiger partial charge in [0.1, 0.15) is 0 Å². The summed E-state index contributed by atoms with van der Waals surface area (Å²) in [5.41, 5.74) is 10.3. The number of pyridine rings is 1. The molecule has 0 unspecified atom stereocenters. The highest BCUT2D eigenvalue weighted by Gasteiger charge is 2.19. The zero-order valence-electron chi connectivity index (χ0n) is 18.0. The minimum absolute atomic E-state index is 1.07. The summed E-state index contributed by atoms with van der Waals surface area (Å²) in [7, 11) is 0. The molecule has 1 heteroatoms. The molecule has 2 aliphatic carbocycles. The minimum atomic E-state index is 1.07. The first-order valence-electron chi connectivity index (χ1n) is 11.2. The largest absolute Gasteiger partial charge is 0.265 e. The van der Waals surface area contributed by atoms with Crippen molar-refractivity contribution in [1.82, 2.24) is 4.98 Å². The monoisotopic (exact) mass is 401 g/mol. The van der Waals surface area contributed by atoms with Gasteiger partial charge in [0.15, 0.2) is 0 Å². The molecule has 0 atom stereocenters. The van der Waals surface area contributed by atoms with Gasteiger partial charge in [0.05, 0.1) is 0 Å². The molecule has 0 amide bonds.